The number of hydrogen-bond donors (Lipinski definition) is 3. The molecular weight excluding hydrogens is 337 g/mol. The van der Waals surface area contributed by atoms with E-state index in [9.17, 15) is 9.18 Å². The molecule has 6 nitrogen and oxygen atoms in total. The van der Waals surface area contributed by atoms with Crippen molar-refractivity contribution < 1.29 is 18.7 Å². The number of nitrogens with one attached hydrogen (secondary N) is 3. The van der Waals surface area contributed by atoms with E-state index in [4.69, 9.17) is 9.47 Å². The van der Waals surface area contributed by atoms with Crippen LogP contribution in [0.5, 0.6) is 11.5 Å². The van der Waals surface area contributed by atoms with Gasteiger partial charge in [0.2, 0.25) is 5.91 Å². The second-order valence-electron chi connectivity index (χ2n) is 6.19. The van der Waals surface area contributed by atoms with Gasteiger partial charge in [0.05, 0.1) is 20.3 Å². The minimum absolute atomic E-state index is 0.0825. The predicted octanol–water partition coefficient (Wildman–Crippen LogP) is 2.70. The lowest BCUT2D eigenvalue weighted by atomic mass is 10.0. The third-order valence-corrected chi connectivity index (χ3v) is 4.48. The first-order chi connectivity index (χ1) is 12.5. The maximum Gasteiger partial charge on any atom is 0.242 e. The molecule has 2 aromatic rings. The van der Waals surface area contributed by atoms with Crippen molar-refractivity contribution in [2.24, 2.45) is 0 Å². The number of hydrogen-bond acceptors (Lipinski definition) is 5. The molecule has 0 spiro atoms. The number of aryl methyl sites for hydroxylation is 1. The van der Waals surface area contributed by atoms with Gasteiger partial charge in [-0.3, -0.25) is 4.79 Å². The van der Waals surface area contributed by atoms with Crippen molar-refractivity contribution in [1.82, 2.24) is 10.9 Å². The van der Waals surface area contributed by atoms with Gasteiger partial charge in [0.15, 0.2) is 0 Å². The van der Waals surface area contributed by atoms with Crippen molar-refractivity contribution in [3.63, 3.8) is 0 Å². The summed E-state index contributed by atoms with van der Waals surface area (Å²) in [6, 6.07) is 9.36. The zero-order valence-corrected chi connectivity index (χ0v) is 14.9. The summed E-state index contributed by atoms with van der Waals surface area (Å²) in [6.45, 7) is 1.75. The van der Waals surface area contributed by atoms with E-state index in [2.05, 4.69) is 16.2 Å². The SMILES string of the molecule is COc1ccc(C2CC(C(=O)Nc3ccc(F)cc3C)NN2)c(OC)c1. The quantitative estimate of drug-likeness (QED) is 0.766. The lowest BCUT2D eigenvalue weighted by Crippen LogP contribution is -2.39. The molecule has 2 aromatic carbocycles. The van der Waals surface area contributed by atoms with E-state index in [-0.39, 0.29) is 17.8 Å². The standard InChI is InChI=1S/C19H22FN3O3/c1-11-8-12(20)4-7-15(11)21-19(24)17-10-16(22-23-17)14-6-5-13(25-2)9-18(14)26-3/h4-9,16-17,22-23H,10H2,1-3H3,(H,21,24). The Bertz CT molecular complexity index is 813. The summed E-state index contributed by atoms with van der Waals surface area (Å²) < 4.78 is 23.8. The van der Waals surface area contributed by atoms with Crippen LogP contribution in [0.15, 0.2) is 36.4 Å². The Morgan fingerprint density at radius 2 is 1.96 bits per heavy atom. The minimum atomic E-state index is -0.420. The second kappa shape index (κ2) is 7.72. The molecule has 1 saturated heterocycles. The summed E-state index contributed by atoms with van der Waals surface area (Å²) in [7, 11) is 3.20. The molecule has 3 rings (SSSR count). The second-order valence-corrected chi connectivity index (χ2v) is 6.19. The van der Waals surface area contributed by atoms with Gasteiger partial charge in [-0.15, -0.1) is 0 Å². The Morgan fingerprint density at radius 3 is 2.65 bits per heavy atom. The molecule has 1 aliphatic heterocycles. The molecule has 2 atom stereocenters. The first kappa shape index (κ1) is 18.2. The molecule has 1 fully saturated rings. The van der Waals surface area contributed by atoms with Crippen LogP contribution in [0.2, 0.25) is 0 Å². The molecule has 1 aliphatic rings. The van der Waals surface area contributed by atoms with E-state index in [1.54, 1.807) is 27.2 Å². The van der Waals surface area contributed by atoms with Crippen LogP contribution >= 0.6 is 0 Å². The maximum absolute atomic E-state index is 13.2. The number of methoxy groups -OCH3 is 2. The summed E-state index contributed by atoms with van der Waals surface area (Å²) >= 11 is 0. The van der Waals surface area contributed by atoms with Gasteiger partial charge in [-0.25, -0.2) is 15.2 Å². The summed E-state index contributed by atoms with van der Waals surface area (Å²) in [4.78, 5) is 12.5. The molecule has 2 unspecified atom stereocenters. The van der Waals surface area contributed by atoms with Crippen molar-refractivity contribution in [2.75, 3.05) is 19.5 Å². The lowest BCUT2D eigenvalue weighted by Gasteiger charge is -2.15. The molecule has 3 N–H and O–H groups in total. The molecule has 138 valence electrons. The van der Waals surface area contributed by atoms with Crippen LogP contribution in [-0.2, 0) is 4.79 Å². The predicted molar refractivity (Wildman–Crippen MR) is 96.7 cm³/mol. The van der Waals surface area contributed by atoms with E-state index in [0.717, 1.165) is 5.56 Å². The molecule has 0 aliphatic carbocycles. The van der Waals surface area contributed by atoms with Crippen molar-refractivity contribution in [2.45, 2.75) is 25.4 Å². The fourth-order valence-electron chi connectivity index (χ4n) is 3.03. The van der Waals surface area contributed by atoms with Crippen LogP contribution in [0.3, 0.4) is 0 Å². The molecule has 7 heteroatoms. The van der Waals surface area contributed by atoms with E-state index in [0.29, 0.717) is 29.2 Å². The number of halogens is 1. The molecule has 26 heavy (non-hydrogen) atoms. The monoisotopic (exact) mass is 359 g/mol. The highest BCUT2D eigenvalue weighted by atomic mass is 19.1. The van der Waals surface area contributed by atoms with E-state index in [1.165, 1.54) is 12.1 Å². The average Bonchev–Trinajstić information content (AvgIpc) is 3.13. The van der Waals surface area contributed by atoms with Crippen LogP contribution in [0.4, 0.5) is 10.1 Å². The summed E-state index contributed by atoms with van der Waals surface area (Å²) in [5.74, 6) is 0.895. The van der Waals surface area contributed by atoms with Gasteiger partial charge in [-0.1, -0.05) is 6.07 Å². The van der Waals surface area contributed by atoms with Gasteiger partial charge in [0.1, 0.15) is 23.4 Å². The largest absolute Gasteiger partial charge is 0.497 e. The fourth-order valence-corrected chi connectivity index (χ4v) is 3.03. The third-order valence-electron chi connectivity index (χ3n) is 4.48. The Kier molecular flexibility index (Phi) is 5.39. The zero-order chi connectivity index (χ0) is 18.7. The van der Waals surface area contributed by atoms with Gasteiger partial charge in [0, 0.05) is 17.3 Å². The van der Waals surface area contributed by atoms with Crippen LogP contribution in [0, 0.1) is 12.7 Å². The number of carbonyl (C=O) groups is 1. The summed E-state index contributed by atoms with van der Waals surface area (Å²) in [5, 5.41) is 2.84. The summed E-state index contributed by atoms with van der Waals surface area (Å²) in [5.41, 5.74) is 8.36. The van der Waals surface area contributed by atoms with E-state index >= 15 is 0 Å². The number of rotatable bonds is 5. The smallest absolute Gasteiger partial charge is 0.242 e. The van der Waals surface area contributed by atoms with Gasteiger partial charge in [-0.2, -0.15) is 0 Å². The molecule has 0 radical (unpaired) electrons. The molecular formula is C19H22FN3O3. The zero-order valence-electron chi connectivity index (χ0n) is 14.9. The van der Waals surface area contributed by atoms with E-state index in [1.807, 2.05) is 18.2 Å². The Labute approximate surface area is 151 Å². The molecule has 1 heterocycles. The van der Waals surface area contributed by atoms with Crippen LogP contribution in [-0.4, -0.2) is 26.2 Å². The first-order valence-electron chi connectivity index (χ1n) is 8.32. The highest BCUT2D eigenvalue weighted by Gasteiger charge is 2.32. The first-order valence-corrected chi connectivity index (χ1v) is 8.32. The number of ether oxygens (including phenoxy) is 2. The molecule has 0 bridgehead atoms. The number of carbonyl (C=O) groups excluding carboxylic acids is 1. The highest BCUT2D eigenvalue weighted by molar-refractivity contribution is 5.95. The number of anilines is 1. The van der Waals surface area contributed by atoms with Gasteiger partial charge in [-0.05, 0) is 43.2 Å². The van der Waals surface area contributed by atoms with Crippen molar-refractivity contribution in [3.8, 4) is 11.5 Å². The fraction of sp³-hybridized carbons (Fsp3) is 0.316. The van der Waals surface area contributed by atoms with Gasteiger partial charge in [0.25, 0.3) is 0 Å². The topological polar surface area (TPSA) is 71.6 Å². The Hall–Kier alpha value is -2.64. The number of benzene rings is 2. The van der Waals surface area contributed by atoms with Crippen LogP contribution in [0.1, 0.15) is 23.6 Å². The minimum Gasteiger partial charge on any atom is -0.497 e. The van der Waals surface area contributed by atoms with Crippen LogP contribution < -0.4 is 25.6 Å². The van der Waals surface area contributed by atoms with Crippen molar-refractivity contribution >= 4 is 11.6 Å². The summed E-state index contributed by atoms with van der Waals surface area (Å²) in [6.07, 6.45) is 0.550. The average molecular weight is 359 g/mol. The molecule has 1 amide bonds. The van der Waals surface area contributed by atoms with Crippen LogP contribution in [0.25, 0.3) is 0 Å². The Morgan fingerprint density at radius 1 is 1.15 bits per heavy atom. The highest BCUT2D eigenvalue weighted by Crippen LogP contribution is 2.33. The van der Waals surface area contributed by atoms with Crippen molar-refractivity contribution in [3.05, 3.63) is 53.3 Å². The number of hydrazine groups is 1. The normalized spacial score (nSPS) is 19.2. The van der Waals surface area contributed by atoms with Gasteiger partial charge >= 0.3 is 0 Å². The molecule has 0 aromatic heterocycles. The maximum atomic E-state index is 13.2. The van der Waals surface area contributed by atoms with E-state index < -0.39 is 6.04 Å². The molecule has 0 saturated carbocycles. The lowest BCUT2D eigenvalue weighted by molar-refractivity contribution is -0.117. The van der Waals surface area contributed by atoms with Crippen molar-refractivity contribution in [1.29, 1.82) is 0 Å². The number of amides is 1. The Balaban J connectivity index is 1.69. The third kappa shape index (κ3) is 3.79. The van der Waals surface area contributed by atoms with Gasteiger partial charge < -0.3 is 14.8 Å².